The van der Waals surface area contributed by atoms with E-state index in [9.17, 15) is 0 Å². The second-order valence-corrected chi connectivity index (χ2v) is 6.67. The lowest BCUT2D eigenvalue weighted by Crippen LogP contribution is -2.29. The molecule has 2 unspecified atom stereocenters. The summed E-state index contributed by atoms with van der Waals surface area (Å²) in [6, 6.07) is 14.6. The van der Waals surface area contributed by atoms with Gasteiger partial charge in [0.25, 0.3) is 0 Å². The van der Waals surface area contributed by atoms with Crippen molar-refractivity contribution in [2.45, 2.75) is 38.8 Å². The summed E-state index contributed by atoms with van der Waals surface area (Å²) in [6.07, 6.45) is 2.07. The van der Waals surface area contributed by atoms with Gasteiger partial charge in [0.15, 0.2) is 0 Å². The van der Waals surface area contributed by atoms with Crippen LogP contribution in [-0.4, -0.2) is 13.2 Å². The van der Waals surface area contributed by atoms with Crippen molar-refractivity contribution in [1.82, 2.24) is 5.32 Å². The number of benzene rings is 2. The molecular formula is C19H23Cl2NO. The first kappa shape index (κ1) is 18.1. The average molecular weight is 352 g/mol. The Morgan fingerprint density at radius 3 is 2.52 bits per heavy atom. The zero-order chi connectivity index (χ0) is 16.8. The number of halogens is 2. The third-order valence-electron chi connectivity index (χ3n) is 3.98. The Kier molecular flexibility index (Phi) is 6.76. The first-order valence-electron chi connectivity index (χ1n) is 7.83. The molecule has 4 heteroatoms. The van der Waals surface area contributed by atoms with Gasteiger partial charge in [-0.2, -0.15) is 0 Å². The molecule has 0 bridgehead atoms. The molecular weight excluding hydrogens is 329 g/mol. The fourth-order valence-corrected chi connectivity index (χ4v) is 2.91. The number of ether oxygens (including phenoxy) is 1. The predicted molar refractivity (Wildman–Crippen MR) is 98.8 cm³/mol. The molecule has 0 saturated carbocycles. The third-order valence-corrected chi connectivity index (χ3v) is 4.72. The van der Waals surface area contributed by atoms with Crippen LogP contribution in [0, 0.1) is 0 Å². The Bertz CT molecular complexity index is 645. The van der Waals surface area contributed by atoms with Gasteiger partial charge in [-0.25, -0.2) is 0 Å². The lowest BCUT2D eigenvalue weighted by molar-refractivity contribution is 0.413. The maximum absolute atomic E-state index is 6.09. The van der Waals surface area contributed by atoms with Crippen LogP contribution in [0.25, 0.3) is 0 Å². The Labute approximate surface area is 148 Å². The minimum atomic E-state index is 0.227. The minimum Gasteiger partial charge on any atom is -0.497 e. The van der Waals surface area contributed by atoms with Crippen molar-refractivity contribution >= 4 is 23.2 Å². The van der Waals surface area contributed by atoms with E-state index < -0.39 is 0 Å². The van der Waals surface area contributed by atoms with E-state index in [1.165, 1.54) is 5.56 Å². The molecule has 0 aromatic heterocycles. The molecule has 2 aromatic carbocycles. The topological polar surface area (TPSA) is 21.3 Å². The molecule has 23 heavy (non-hydrogen) atoms. The van der Waals surface area contributed by atoms with E-state index in [1.54, 1.807) is 7.11 Å². The second-order valence-electron chi connectivity index (χ2n) is 5.85. The predicted octanol–water partition coefficient (Wildman–Crippen LogP) is 5.67. The third kappa shape index (κ3) is 5.42. The molecule has 0 radical (unpaired) electrons. The zero-order valence-electron chi connectivity index (χ0n) is 13.8. The lowest BCUT2D eigenvalue weighted by atomic mass is 10.0. The van der Waals surface area contributed by atoms with Crippen LogP contribution in [0.4, 0.5) is 0 Å². The van der Waals surface area contributed by atoms with Crippen LogP contribution < -0.4 is 10.1 Å². The van der Waals surface area contributed by atoms with E-state index in [-0.39, 0.29) is 6.04 Å². The summed E-state index contributed by atoms with van der Waals surface area (Å²) >= 11 is 12.1. The molecule has 0 aliphatic heterocycles. The summed E-state index contributed by atoms with van der Waals surface area (Å²) in [5, 5.41) is 4.80. The molecule has 0 amide bonds. The molecule has 0 fully saturated rings. The van der Waals surface area contributed by atoms with Gasteiger partial charge >= 0.3 is 0 Å². The van der Waals surface area contributed by atoms with Crippen molar-refractivity contribution in [2.75, 3.05) is 7.11 Å². The highest BCUT2D eigenvalue weighted by Gasteiger charge is 2.11. The fraction of sp³-hybridized carbons (Fsp3) is 0.368. The molecule has 0 spiro atoms. The van der Waals surface area contributed by atoms with Gasteiger partial charge in [0.2, 0.25) is 0 Å². The maximum Gasteiger partial charge on any atom is 0.119 e. The summed E-state index contributed by atoms with van der Waals surface area (Å²) in [5.41, 5.74) is 2.44. The Morgan fingerprint density at radius 2 is 1.83 bits per heavy atom. The quantitative estimate of drug-likeness (QED) is 0.693. The Balaban J connectivity index is 1.88. The van der Waals surface area contributed by atoms with Gasteiger partial charge in [-0.05, 0) is 62.1 Å². The number of aryl methyl sites for hydroxylation is 1. The van der Waals surface area contributed by atoms with E-state index in [0.717, 1.165) is 24.2 Å². The molecule has 124 valence electrons. The summed E-state index contributed by atoms with van der Waals surface area (Å²) in [6.45, 7) is 4.34. The van der Waals surface area contributed by atoms with Crippen molar-refractivity contribution in [2.24, 2.45) is 0 Å². The highest BCUT2D eigenvalue weighted by atomic mass is 35.5. The van der Waals surface area contributed by atoms with E-state index in [2.05, 4.69) is 31.3 Å². The first-order valence-corrected chi connectivity index (χ1v) is 8.59. The van der Waals surface area contributed by atoms with E-state index in [1.807, 2.05) is 30.3 Å². The summed E-state index contributed by atoms with van der Waals surface area (Å²) in [7, 11) is 1.70. The van der Waals surface area contributed by atoms with Gasteiger partial charge in [0.05, 0.1) is 17.2 Å². The number of methoxy groups -OCH3 is 1. The number of hydrogen-bond acceptors (Lipinski definition) is 2. The van der Waals surface area contributed by atoms with E-state index >= 15 is 0 Å². The van der Waals surface area contributed by atoms with Gasteiger partial charge in [0.1, 0.15) is 5.75 Å². The van der Waals surface area contributed by atoms with Crippen molar-refractivity contribution in [3.05, 3.63) is 63.6 Å². The second kappa shape index (κ2) is 8.58. The van der Waals surface area contributed by atoms with Crippen molar-refractivity contribution < 1.29 is 4.74 Å². The Morgan fingerprint density at radius 1 is 1.04 bits per heavy atom. The zero-order valence-corrected chi connectivity index (χ0v) is 15.3. The molecule has 2 rings (SSSR count). The van der Waals surface area contributed by atoms with Crippen molar-refractivity contribution in [3.63, 3.8) is 0 Å². The lowest BCUT2D eigenvalue weighted by Gasteiger charge is -2.21. The number of hydrogen-bond donors (Lipinski definition) is 1. The largest absolute Gasteiger partial charge is 0.497 e. The minimum absolute atomic E-state index is 0.227. The van der Waals surface area contributed by atoms with Gasteiger partial charge < -0.3 is 10.1 Å². The van der Waals surface area contributed by atoms with Crippen LogP contribution in [0.3, 0.4) is 0 Å². The summed E-state index contributed by atoms with van der Waals surface area (Å²) in [4.78, 5) is 0. The van der Waals surface area contributed by atoms with E-state index in [0.29, 0.717) is 16.1 Å². The van der Waals surface area contributed by atoms with Crippen LogP contribution >= 0.6 is 23.2 Å². The first-order chi connectivity index (χ1) is 11.0. The molecule has 0 saturated heterocycles. The molecule has 1 N–H and O–H groups in total. The van der Waals surface area contributed by atoms with Crippen molar-refractivity contribution in [3.8, 4) is 5.75 Å². The monoisotopic (exact) mass is 351 g/mol. The fourth-order valence-electron chi connectivity index (χ4n) is 2.60. The van der Waals surface area contributed by atoms with Crippen LogP contribution in [-0.2, 0) is 6.42 Å². The molecule has 0 aliphatic rings. The smallest absolute Gasteiger partial charge is 0.119 e. The normalized spacial score (nSPS) is 13.6. The molecule has 2 nitrogen and oxygen atoms in total. The molecule has 0 aliphatic carbocycles. The van der Waals surface area contributed by atoms with Crippen LogP contribution in [0.5, 0.6) is 5.75 Å². The average Bonchev–Trinajstić information content (AvgIpc) is 2.55. The molecule has 2 atom stereocenters. The van der Waals surface area contributed by atoms with Gasteiger partial charge in [-0.1, -0.05) is 41.4 Å². The van der Waals surface area contributed by atoms with Gasteiger partial charge in [-0.15, -0.1) is 0 Å². The highest BCUT2D eigenvalue weighted by Crippen LogP contribution is 2.26. The number of nitrogens with one attached hydrogen (secondary N) is 1. The number of rotatable bonds is 7. The van der Waals surface area contributed by atoms with Crippen LogP contribution in [0.1, 0.15) is 37.4 Å². The standard InChI is InChI=1S/C19H23Cl2NO/c1-13(7-8-15-5-4-6-17(11-15)23-3)22-14(2)16-9-10-18(20)19(21)12-16/h4-6,9-14,22H,7-8H2,1-3H3. The van der Waals surface area contributed by atoms with Gasteiger partial charge in [0, 0.05) is 12.1 Å². The van der Waals surface area contributed by atoms with Gasteiger partial charge in [-0.3, -0.25) is 0 Å². The summed E-state index contributed by atoms with van der Waals surface area (Å²) < 4.78 is 5.27. The molecule has 2 aromatic rings. The molecule has 0 heterocycles. The maximum atomic E-state index is 6.09. The summed E-state index contributed by atoms with van der Waals surface area (Å²) in [5.74, 6) is 0.910. The Hall–Kier alpha value is -1.22. The highest BCUT2D eigenvalue weighted by molar-refractivity contribution is 6.42. The van der Waals surface area contributed by atoms with E-state index in [4.69, 9.17) is 27.9 Å². The van der Waals surface area contributed by atoms with Crippen molar-refractivity contribution in [1.29, 1.82) is 0 Å². The van der Waals surface area contributed by atoms with Crippen LogP contribution in [0.2, 0.25) is 10.0 Å². The van der Waals surface area contributed by atoms with Crippen LogP contribution in [0.15, 0.2) is 42.5 Å². The SMILES string of the molecule is COc1cccc(CCC(C)NC(C)c2ccc(Cl)c(Cl)c2)c1.